The number of primary sulfonamides is 1. The molecule has 1 amide bonds. The largest absolute Gasteiger partial charge is 0.373 e. The third-order valence-corrected chi connectivity index (χ3v) is 5.27. The van der Waals surface area contributed by atoms with E-state index in [0.29, 0.717) is 13.0 Å². The van der Waals surface area contributed by atoms with E-state index >= 15 is 0 Å². The van der Waals surface area contributed by atoms with Gasteiger partial charge < -0.3 is 10.1 Å². The fourth-order valence-corrected chi connectivity index (χ4v) is 3.54. The molecule has 0 radical (unpaired) electrons. The van der Waals surface area contributed by atoms with Crippen LogP contribution in [0.3, 0.4) is 0 Å². The summed E-state index contributed by atoms with van der Waals surface area (Å²) < 4.78 is 28.1. The van der Waals surface area contributed by atoms with Crippen molar-refractivity contribution < 1.29 is 17.9 Å². The van der Waals surface area contributed by atoms with Crippen molar-refractivity contribution in [2.45, 2.75) is 50.3 Å². The van der Waals surface area contributed by atoms with Gasteiger partial charge in [0.1, 0.15) is 0 Å². The van der Waals surface area contributed by atoms with Crippen LogP contribution in [0.4, 0.5) is 0 Å². The lowest BCUT2D eigenvalue weighted by Crippen LogP contribution is -2.54. The molecule has 0 spiro atoms. The molecule has 0 aliphatic carbocycles. The SMILES string of the molecule is C[C@@H]1CN([C@H](C)C(=O)NCCc2ccc(S(N)(=O)=O)cc2)C[C@@H](C)O1. The Bertz CT molecular complexity index is 680. The number of sulfonamides is 1. The maximum absolute atomic E-state index is 12.3. The maximum atomic E-state index is 12.3. The summed E-state index contributed by atoms with van der Waals surface area (Å²) in [5, 5.41) is 8.01. The first-order chi connectivity index (χ1) is 11.7. The van der Waals surface area contributed by atoms with Crippen LogP contribution >= 0.6 is 0 Å². The number of nitrogens with zero attached hydrogens (tertiary/aromatic N) is 1. The molecule has 140 valence electrons. The lowest BCUT2D eigenvalue weighted by molar-refractivity contribution is -0.131. The van der Waals surface area contributed by atoms with Crippen LogP contribution in [0, 0.1) is 0 Å². The molecule has 7 nitrogen and oxygen atoms in total. The van der Waals surface area contributed by atoms with Gasteiger partial charge in [0.15, 0.2) is 0 Å². The molecular weight excluding hydrogens is 342 g/mol. The second-order valence-electron chi connectivity index (χ2n) is 6.62. The molecule has 0 saturated carbocycles. The van der Waals surface area contributed by atoms with Crippen LogP contribution in [0.1, 0.15) is 26.3 Å². The molecule has 25 heavy (non-hydrogen) atoms. The number of nitrogens with two attached hydrogens (primary N) is 1. The molecule has 1 saturated heterocycles. The summed E-state index contributed by atoms with van der Waals surface area (Å²) in [4.78, 5) is 14.6. The highest BCUT2D eigenvalue weighted by Gasteiger charge is 2.28. The number of hydrogen-bond donors (Lipinski definition) is 2. The Morgan fingerprint density at radius 1 is 1.28 bits per heavy atom. The molecule has 1 fully saturated rings. The summed E-state index contributed by atoms with van der Waals surface area (Å²) in [5.41, 5.74) is 0.939. The van der Waals surface area contributed by atoms with Gasteiger partial charge in [0.05, 0.1) is 23.1 Å². The molecule has 1 aromatic carbocycles. The predicted octanol–water partition coefficient (Wildman–Crippen LogP) is 0.490. The average Bonchev–Trinajstić information content (AvgIpc) is 2.52. The minimum Gasteiger partial charge on any atom is -0.373 e. The number of ether oxygens (including phenoxy) is 1. The summed E-state index contributed by atoms with van der Waals surface area (Å²) >= 11 is 0. The highest BCUT2D eigenvalue weighted by atomic mass is 32.2. The molecule has 1 heterocycles. The summed E-state index contributed by atoms with van der Waals surface area (Å²) in [5.74, 6) is -0.0116. The van der Waals surface area contributed by atoms with Crippen molar-refractivity contribution in [2.75, 3.05) is 19.6 Å². The van der Waals surface area contributed by atoms with Gasteiger partial charge >= 0.3 is 0 Å². The smallest absolute Gasteiger partial charge is 0.238 e. The molecular formula is C17H27N3O4S. The summed E-state index contributed by atoms with van der Waals surface area (Å²) in [6, 6.07) is 6.16. The Hall–Kier alpha value is -1.48. The normalized spacial score (nSPS) is 23.2. The molecule has 8 heteroatoms. The number of nitrogens with one attached hydrogen (secondary N) is 1. The first-order valence-corrected chi connectivity index (χ1v) is 10.0. The zero-order valence-corrected chi connectivity index (χ0v) is 15.8. The van der Waals surface area contributed by atoms with Crippen molar-refractivity contribution in [1.29, 1.82) is 0 Å². The average molecular weight is 369 g/mol. The number of rotatable bonds is 6. The second-order valence-corrected chi connectivity index (χ2v) is 8.18. The van der Waals surface area contributed by atoms with E-state index in [1.54, 1.807) is 12.1 Å². The Morgan fingerprint density at radius 2 is 1.84 bits per heavy atom. The maximum Gasteiger partial charge on any atom is 0.238 e. The quantitative estimate of drug-likeness (QED) is 0.760. The molecule has 0 aromatic heterocycles. The van der Waals surface area contributed by atoms with Gasteiger partial charge in [0.2, 0.25) is 15.9 Å². The Kier molecular flexibility index (Phi) is 6.56. The van der Waals surface area contributed by atoms with E-state index < -0.39 is 10.0 Å². The van der Waals surface area contributed by atoms with Gasteiger partial charge in [-0.15, -0.1) is 0 Å². The minimum atomic E-state index is -3.67. The van der Waals surface area contributed by atoms with Gasteiger partial charge in [-0.1, -0.05) is 12.1 Å². The number of morpholine rings is 1. The number of carbonyl (C=O) groups excluding carboxylic acids is 1. The predicted molar refractivity (Wildman–Crippen MR) is 95.6 cm³/mol. The van der Waals surface area contributed by atoms with Crippen LogP contribution in [0.2, 0.25) is 0 Å². The van der Waals surface area contributed by atoms with Gasteiger partial charge in [-0.2, -0.15) is 0 Å². The standard InChI is InChI=1S/C17H27N3O4S/c1-12-10-20(11-13(2)24-12)14(3)17(21)19-9-8-15-4-6-16(7-5-15)25(18,22)23/h4-7,12-14H,8-11H2,1-3H3,(H,19,21)(H2,18,22,23)/t12-,13-,14-/m1/s1. The summed E-state index contributed by atoms with van der Waals surface area (Å²) in [7, 11) is -3.67. The van der Waals surface area contributed by atoms with Crippen LogP contribution < -0.4 is 10.5 Å². The van der Waals surface area contributed by atoms with E-state index in [1.165, 1.54) is 12.1 Å². The zero-order valence-electron chi connectivity index (χ0n) is 14.9. The second kappa shape index (κ2) is 8.27. The number of carbonyl (C=O) groups is 1. The van der Waals surface area contributed by atoms with Crippen LogP contribution in [0.5, 0.6) is 0 Å². The van der Waals surface area contributed by atoms with Gasteiger partial charge in [-0.3, -0.25) is 9.69 Å². The number of benzene rings is 1. The molecule has 0 bridgehead atoms. The minimum absolute atomic E-state index is 0.0116. The molecule has 1 aliphatic rings. The fourth-order valence-electron chi connectivity index (χ4n) is 3.02. The van der Waals surface area contributed by atoms with E-state index in [1.807, 2.05) is 20.8 Å². The number of amides is 1. The highest BCUT2D eigenvalue weighted by molar-refractivity contribution is 7.89. The van der Waals surface area contributed by atoms with Crippen molar-refractivity contribution in [3.05, 3.63) is 29.8 Å². The van der Waals surface area contributed by atoms with Crippen molar-refractivity contribution in [3.8, 4) is 0 Å². The summed E-state index contributed by atoms with van der Waals surface area (Å²) in [6.07, 6.45) is 0.868. The number of hydrogen-bond acceptors (Lipinski definition) is 5. The molecule has 0 unspecified atom stereocenters. The molecule has 1 aromatic rings. The van der Waals surface area contributed by atoms with E-state index in [9.17, 15) is 13.2 Å². The van der Waals surface area contributed by atoms with Crippen molar-refractivity contribution >= 4 is 15.9 Å². The first kappa shape index (κ1) is 19.8. The first-order valence-electron chi connectivity index (χ1n) is 8.46. The highest BCUT2D eigenvalue weighted by Crippen LogP contribution is 2.14. The van der Waals surface area contributed by atoms with Crippen LogP contribution in [0.25, 0.3) is 0 Å². The Morgan fingerprint density at radius 3 is 2.36 bits per heavy atom. The Balaban J connectivity index is 1.81. The van der Waals surface area contributed by atoms with E-state index in [4.69, 9.17) is 9.88 Å². The van der Waals surface area contributed by atoms with Crippen molar-refractivity contribution in [2.24, 2.45) is 5.14 Å². The van der Waals surface area contributed by atoms with Crippen molar-refractivity contribution in [1.82, 2.24) is 10.2 Å². The molecule has 3 N–H and O–H groups in total. The third-order valence-electron chi connectivity index (χ3n) is 4.34. The van der Waals surface area contributed by atoms with Crippen LogP contribution in [-0.4, -0.2) is 57.1 Å². The molecule has 3 atom stereocenters. The van der Waals surface area contributed by atoms with Crippen molar-refractivity contribution in [3.63, 3.8) is 0 Å². The summed E-state index contributed by atoms with van der Waals surface area (Å²) in [6.45, 7) is 7.91. The lowest BCUT2D eigenvalue weighted by atomic mass is 10.1. The van der Waals surface area contributed by atoms with Gasteiger partial charge in [-0.25, -0.2) is 13.6 Å². The zero-order chi connectivity index (χ0) is 18.6. The van der Waals surface area contributed by atoms with Crippen LogP contribution in [0.15, 0.2) is 29.2 Å². The Labute approximate surface area is 149 Å². The monoisotopic (exact) mass is 369 g/mol. The lowest BCUT2D eigenvalue weighted by Gasteiger charge is -2.38. The van der Waals surface area contributed by atoms with Gasteiger partial charge in [0, 0.05) is 19.6 Å². The third kappa shape index (κ3) is 5.78. The fraction of sp³-hybridized carbons (Fsp3) is 0.588. The van der Waals surface area contributed by atoms with E-state index in [2.05, 4.69) is 10.2 Å². The van der Waals surface area contributed by atoms with Gasteiger partial charge in [0.25, 0.3) is 0 Å². The topological polar surface area (TPSA) is 102 Å². The van der Waals surface area contributed by atoms with E-state index in [0.717, 1.165) is 18.7 Å². The van der Waals surface area contributed by atoms with E-state index in [-0.39, 0.29) is 29.1 Å². The van der Waals surface area contributed by atoms with Crippen LogP contribution in [-0.2, 0) is 26.0 Å². The molecule has 2 rings (SSSR count). The molecule has 1 aliphatic heterocycles. The van der Waals surface area contributed by atoms with Gasteiger partial charge in [-0.05, 0) is 44.9 Å².